The number of benzene rings is 2. The molecule has 138 valence electrons. The molecule has 0 aliphatic rings. The van der Waals surface area contributed by atoms with Gasteiger partial charge in [-0.1, -0.05) is 23.7 Å². The van der Waals surface area contributed by atoms with Crippen molar-refractivity contribution < 1.29 is 22.8 Å². The average molecular weight is 511 g/mol. The number of sulfonamides is 1. The molecule has 0 saturated carbocycles. The van der Waals surface area contributed by atoms with Gasteiger partial charge in [-0.25, -0.2) is 13.6 Å². The van der Waals surface area contributed by atoms with Crippen molar-refractivity contribution in [3.8, 4) is 0 Å². The van der Waals surface area contributed by atoms with Crippen molar-refractivity contribution in [3.63, 3.8) is 0 Å². The molecule has 12 heteroatoms. The van der Waals surface area contributed by atoms with Gasteiger partial charge >= 0.3 is 37.2 Å². The Kier molecular flexibility index (Phi) is 9.38. The topological polar surface area (TPSA) is 118 Å². The molecule has 2 aromatic rings. The molecule has 6 nitrogen and oxygen atoms in total. The van der Waals surface area contributed by atoms with E-state index in [9.17, 15) is 22.8 Å². The molecule has 0 heterocycles. The third-order valence-corrected chi connectivity index (χ3v) is 7.61. The van der Waals surface area contributed by atoms with Crippen LogP contribution in [0.3, 0.4) is 0 Å². The van der Waals surface area contributed by atoms with Crippen molar-refractivity contribution in [3.05, 3.63) is 57.0 Å². The summed E-state index contributed by atoms with van der Waals surface area (Å²) in [4.78, 5) is 18.3. The van der Waals surface area contributed by atoms with E-state index in [0.29, 0.717) is 16.0 Å². The summed E-state index contributed by atoms with van der Waals surface area (Å²) in [6, 6.07) is 9.34. The minimum atomic E-state index is -4.31. The summed E-state index contributed by atoms with van der Waals surface area (Å²) in [5, 5.41) is 5.14. The molecule has 0 spiro atoms. The van der Waals surface area contributed by atoms with Crippen LogP contribution < -0.4 is 10.4 Å². The number of primary sulfonamides is 1. The summed E-state index contributed by atoms with van der Waals surface area (Å²) >= 11 is 10.5. The average Bonchev–Trinajstić information content (AvgIpc) is 2.46. The van der Waals surface area contributed by atoms with E-state index in [4.69, 9.17) is 16.7 Å². The second-order valence-corrected chi connectivity index (χ2v) is 10.5. The fourth-order valence-corrected chi connectivity index (χ4v) is 5.78. The van der Waals surface area contributed by atoms with E-state index in [1.165, 1.54) is 30.0 Å². The van der Waals surface area contributed by atoms with E-state index in [2.05, 4.69) is 15.9 Å². The predicted octanol–water partition coefficient (Wildman–Crippen LogP) is 2.34. The standard InChI is InChI=1S/C14H14BrClNO5PS2.Na.H/c15-11-5-9(2-4-13(11)23(18,19)20)7-24-8-10-1-3-12(16)14(6-10)25(17,21)22;;/h1-6H,7-8H2,(H2,17,21,22)(H2,18,19,20);;. The van der Waals surface area contributed by atoms with E-state index >= 15 is 0 Å². The Bertz CT molecular complexity index is 954. The Morgan fingerprint density at radius 1 is 1.12 bits per heavy atom. The molecule has 2 aromatic carbocycles. The van der Waals surface area contributed by atoms with Crippen LogP contribution in [-0.2, 0) is 26.1 Å². The van der Waals surface area contributed by atoms with Crippen LogP contribution in [0.4, 0.5) is 0 Å². The maximum atomic E-state index is 11.5. The number of thioether (sulfide) groups is 1. The van der Waals surface area contributed by atoms with Gasteiger partial charge < -0.3 is 9.79 Å². The molecular weight excluding hydrogens is 496 g/mol. The van der Waals surface area contributed by atoms with Gasteiger partial charge in [0, 0.05) is 16.0 Å². The number of nitrogens with two attached hydrogens (primary N) is 1. The van der Waals surface area contributed by atoms with Crippen LogP contribution in [-0.4, -0.2) is 47.8 Å². The molecular formula is C14H15BrClNNaO5PS2. The maximum absolute atomic E-state index is 11.5. The zero-order valence-corrected chi connectivity index (χ0v) is 17.5. The van der Waals surface area contributed by atoms with Crippen LogP contribution in [0.1, 0.15) is 11.1 Å². The fraction of sp³-hybridized carbons (Fsp3) is 0.143. The Balaban J connectivity index is 0.00000338. The number of rotatable bonds is 6. The van der Waals surface area contributed by atoms with Gasteiger partial charge in [-0.05, 0) is 51.3 Å². The molecule has 0 fully saturated rings. The van der Waals surface area contributed by atoms with Crippen LogP contribution in [0.25, 0.3) is 0 Å². The molecule has 0 saturated heterocycles. The molecule has 0 amide bonds. The first-order valence-electron chi connectivity index (χ1n) is 6.72. The predicted molar refractivity (Wildman–Crippen MR) is 111 cm³/mol. The van der Waals surface area contributed by atoms with Crippen LogP contribution in [0.5, 0.6) is 0 Å². The van der Waals surface area contributed by atoms with Crippen molar-refractivity contribution in [1.82, 2.24) is 0 Å². The summed E-state index contributed by atoms with van der Waals surface area (Å²) in [5.74, 6) is 1.10. The van der Waals surface area contributed by atoms with E-state index < -0.39 is 17.6 Å². The second kappa shape index (κ2) is 9.89. The third kappa shape index (κ3) is 6.90. The molecule has 0 aliphatic heterocycles. The van der Waals surface area contributed by atoms with Crippen LogP contribution >= 0.6 is 46.9 Å². The Hall–Kier alpha value is 0.620. The summed E-state index contributed by atoms with van der Waals surface area (Å²) in [5.41, 5.74) is 1.62. The van der Waals surface area contributed by atoms with Crippen LogP contribution in [0, 0.1) is 0 Å². The molecule has 0 radical (unpaired) electrons. The van der Waals surface area contributed by atoms with Crippen LogP contribution in [0.15, 0.2) is 45.8 Å². The molecule has 0 unspecified atom stereocenters. The summed E-state index contributed by atoms with van der Waals surface area (Å²) in [7, 11) is -8.19. The molecule has 0 atom stereocenters. The van der Waals surface area contributed by atoms with Gasteiger partial charge in [0.25, 0.3) is 0 Å². The first-order chi connectivity index (χ1) is 11.5. The SMILES string of the molecule is NS(=O)(=O)c1cc(CSCc2ccc(P(=O)(O)O)c(Br)c2)ccc1Cl.[NaH]. The van der Waals surface area contributed by atoms with E-state index in [-0.39, 0.29) is 44.8 Å². The van der Waals surface area contributed by atoms with Crippen molar-refractivity contribution in [2.45, 2.75) is 16.4 Å². The van der Waals surface area contributed by atoms with Gasteiger partial charge in [0.2, 0.25) is 10.0 Å². The molecule has 0 aliphatic carbocycles. The Morgan fingerprint density at radius 3 is 2.15 bits per heavy atom. The van der Waals surface area contributed by atoms with Gasteiger partial charge in [-0.2, -0.15) is 11.8 Å². The first kappa shape index (κ1) is 24.7. The molecule has 4 N–H and O–H groups in total. The Morgan fingerprint density at radius 2 is 1.65 bits per heavy atom. The minimum absolute atomic E-state index is 0. The van der Waals surface area contributed by atoms with E-state index in [1.807, 2.05) is 0 Å². The van der Waals surface area contributed by atoms with Gasteiger partial charge in [0.15, 0.2) is 0 Å². The monoisotopic (exact) mass is 509 g/mol. The first-order valence-corrected chi connectivity index (χ1v) is 12.2. The van der Waals surface area contributed by atoms with E-state index in [1.54, 1.807) is 18.2 Å². The van der Waals surface area contributed by atoms with Crippen molar-refractivity contribution >= 4 is 91.8 Å². The van der Waals surface area contributed by atoms with Gasteiger partial charge in [0.1, 0.15) is 4.90 Å². The second-order valence-electron chi connectivity index (χ2n) is 5.13. The van der Waals surface area contributed by atoms with Gasteiger partial charge in [-0.3, -0.25) is 4.57 Å². The molecule has 0 bridgehead atoms. The summed E-state index contributed by atoms with van der Waals surface area (Å²) < 4.78 is 34.6. The van der Waals surface area contributed by atoms with Crippen LogP contribution in [0.2, 0.25) is 5.02 Å². The Labute approximate surface area is 191 Å². The van der Waals surface area contributed by atoms with Crippen molar-refractivity contribution in [2.24, 2.45) is 5.14 Å². The quantitative estimate of drug-likeness (QED) is 0.406. The van der Waals surface area contributed by atoms with Crippen molar-refractivity contribution in [2.75, 3.05) is 0 Å². The molecule has 26 heavy (non-hydrogen) atoms. The summed E-state index contributed by atoms with van der Waals surface area (Å²) in [6.07, 6.45) is 0. The fourth-order valence-electron chi connectivity index (χ4n) is 2.02. The van der Waals surface area contributed by atoms with Gasteiger partial charge in [-0.15, -0.1) is 0 Å². The normalized spacial score (nSPS) is 11.9. The zero-order chi connectivity index (χ0) is 18.8. The molecule has 0 aromatic heterocycles. The van der Waals surface area contributed by atoms with Gasteiger partial charge in [0.05, 0.1) is 10.3 Å². The zero-order valence-electron chi connectivity index (χ0n) is 12.6. The molecule has 2 rings (SSSR count). The third-order valence-electron chi connectivity index (χ3n) is 3.17. The summed E-state index contributed by atoms with van der Waals surface area (Å²) in [6.45, 7) is 0. The van der Waals surface area contributed by atoms with E-state index in [0.717, 1.165) is 11.1 Å². The number of halogens is 2. The van der Waals surface area contributed by atoms with Crippen molar-refractivity contribution in [1.29, 1.82) is 0 Å². The number of hydrogen-bond acceptors (Lipinski definition) is 4. The number of hydrogen-bond donors (Lipinski definition) is 3.